The monoisotopic (exact) mass is 726 g/mol. The molecule has 284 valence electrons. The maximum Gasteiger partial charge on any atom is 0.277 e. The molecule has 5 rings (SSSR count). The van der Waals surface area contributed by atoms with Crippen LogP contribution in [0.3, 0.4) is 0 Å². The molecule has 53 heavy (non-hydrogen) atoms. The number of carbonyl (C=O) groups excluding carboxylic acids is 2. The Morgan fingerprint density at radius 2 is 1.34 bits per heavy atom. The molecule has 0 fully saturated rings. The van der Waals surface area contributed by atoms with Crippen LogP contribution in [0.4, 0.5) is 0 Å². The van der Waals surface area contributed by atoms with Crippen LogP contribution in [0.2, 0.25) is 0 Å². The lowest BCUT2D eigenvalue weighted by molar-refractivity contribution is 0.0715. The molecule has 0 radical (unpaired) electrons. The van der Waals surface area contributed by atoms with Crippen molar-refractivity contribution in [3.63, 3.8) is 0 Å². The van der Waals surface area contributed by atoms with E-state index in [1.165, 1.54) is 29.5 Å². The van der Waals surface area contributed by atoms with Crippen molar-refractivity contribution >= 4 is 11.8 Å². The van der Waals surface area contributed by atoms with Gasteiger partial charge in [0.1, 0.15) is 6.67 Å². The van der Waals surface area contributed by atoms with Gasteiger partial charge in [-0.1, -0.05) is 101 Å². The molecule has 1 aliphatic rings. The average molecular weight is 727 g/mol. The maximum absolute atomic E-state index is 13.0. The number of fused-ring (bicyclic) bond motifs is 1. The van der Waals surface area contributed by atoms with E-state index in [4.69, 9.17) is 15.3 Å². The van der Waals surface area contributed by atoms with Crippen LogP contribution in [0, 0.1) is 0 Å². The number of hydrogen-bond acceptors (Lipinski definition) is 8. The zero-order chi connectivity index (χ0) is 38.2. The predicted octanol–water partition coefficient (Wildman–Crippen LogP) is 5.84. The van der Waals surface area contributed by atoms with E-state index in [0.717, 1.165) is 43.2 Å². The number of aromatic nitrogens is 2. The van der Waals surface area contributed by atoms with Gasteiger partial charge >= 0.3 is 0 Å². The second kappa shape index (κ2) is 20.5. The normalized spacial score (nSPS) is 13.1. The maximum atomic E-state index is 13.0. The standard InChI is InChI=1S/C21H27N3O3.C20H27N3O3/c1-3-4-14-27-20-18(25)11-13-24-19(20)21(26)23(15-22-24)12-10-16(2)17-8-6-5-7-9-17;1-3-4-14-26-19-17(24)11-13-23(21)18(19)20(25)22-12-10-15(2)16-8-6-5-7-9-16/h5-9,11,13,16,22H,3-4,10,12,14-15H2,1-2H3;5-9,11,13,15H,3-4,10,12,14,21H2,1-2H3,(H,22,25). The lowest BCUT2D eigenvalue weighted by Gasteiger charge is -2.32. The second-order valence-electron chi connectivity index (χ2n) is 13.2. The van der Waals surface area contributed by atoms with E-state index in [2.05, 4.69) is 55.8 Å². The molecule has 0 saturated carbocycles. The number of nitrogens with one attached hydrogen (secondary N) is 2. The molecule has 0 spiro atoms. The van der Waals surface area contributed by atoms with Gasteiger partial charge in [0.15, 0.2) is 22.9 Å². The Balaban J connectivity index is 0.000000237. The minimum absolute atomic E-state index is 0.0112. The summed E-state index contributed by atoms with van der Waals surface area (Å²) in [5.41, 5.74) is 5.40. The molecule has 12 nitrogen and oxygen atoms in total. The Morgan fingerprint density at radius 3 is 1.94 bits per heavy atom. The highest BCUT2D eigenvalue weighted by Gasteiger charge is 2.29. The fourth-order valence-electron chi connectivity index (χ4n) is 5.81. The highest BCUT2D eigenvalue weighted by Crippen LogP contribution is 2.23. The van der Waals surface area contributed by atoms with Crippen LogP contribution in [-0.2, 0) is 0 Å². The third-order valence-corrected chi connectivity index (χ3v) is 9.20. The minimum Gasteiger partial charge on any atom is -0.487 e. The SMILES string of the molecule is CCCCOc1c(C(=O)NCCC(C)c2ccccc2)n(N)ccc1=O.CCCCOc1c2n(ccc1=O)NCN(CCC(C)c1ccccc1)C2=O. The van der Waals surface area contributed by atoms with Crippen LogP contribution in [-0.4, -0.2) is 59.0 Å². The van der Waals surface area contributed by atoms with E-state index in [-0.39, 0.29) is 39.7 Å². The summed E-state index contributed by atoms with van der Waals surface area (Å²) in [4.78, 5) is 51.6. The summed E-state index contributed by atoms with van der Waals surface area (Å²) in [6.07, 6.45) is 8.13. The van der Waals surface area contributed by atoms with Crippen molar-refractivity contribution in [1.29, 1.82) is 0 Å². The van der Waals surface area contributed by atoms with Crippen molar-refractivity contribution < 1.29 is 19.1 Å². The molecule has 3 heterocycles. The van der Waals surface area contributed by atoms with E-state index < -0.39 is 5.91 Å². The number of nitrogens with two attached hydrogens (primary N) is 1. The van der Waals surface area contributed by atoms with Gasteiger partial charge in [-0.2, -0.15) is 0 Å². The summed E-state index contributed by atoms with van der Waals surface area (Å²) in [6.45, 7) is 10.7. The number of carbonyl (C=O) groups is 2. The van der Waals surface area contributed by atoms with Crippen LogP contribution in [0.15, 0.2) is 94.8 Å². The molecule has 0 saturated heterocycles. The molecule has 4 N–H and O–H groups in total. The highest BCUT2D eigenvalue weighted by atomic mass is 16.5. The van der Waals surface area contributed by atoms with Gasteiger partial charge in [-0.05, 0) is 48.6 Å². The Bertz CT molecular complexity index is 1880. The molecule has 0 aliphatic carbocycles. The minimum atomic E-state index is -0.406. The van der Waals surface area contributed by atoms with Crippen molar-refractivity contribution in [3.8, 4) is 11.5 Å². The fourth-order valence-corrected chi connectivity index (χ4v) is 5.81. The van der Waals surface area contributed by atoms with Gasteiger partial charge in [0.2, 0.25) is 10.9 Å². The van der Waals surface area contributed by atoms with Crippen molar-refractivity contribution in [1.82, 2.24) is 19.6 Å². The van der Waals surface area contributed by atoms with E-state index in [0.29, 0.717) is 44.8 Å². The molecule has 2 atom stereocenters. The molecule has 2 unspecified atom stereocenters. The Hall–Kier alpha value is -5.52. The molecule has 1 aliphatic heterocycles. The highest BCUT2D eigenvalue weighted by molar-refractivity contribution is 5.96. The lowest BCUT2D eigenvalue weighted by Crippen LogP contribution is -2.47. The first-order valence-corrected chi connectivity index (χ1v) is 18.6. The number of pyridine rings is 2. The predicted molar refractivity (Wildman–Crippen MR) is 209 cm³/mol. The van der Waals surface area contributed by atoms with Crippen molar-refractivity contribution in [2.75, 3.05) is 44.2 Å². The molecule has 12 heteroatoms. The number of amides is 2. The van der Waals surface area contributed by atoms with Crippen LogP contribution in [0.25, 0.3) is 0 Å². The molecule has 4 aromatic rings. The van der Waals surface area contributed by atoms with Crippen LogP contribution >= 0.6 is 0 Å². The number of nitrogens with zero attached hydrogens (tertiary/aromatic N) is 3. The van der Waals surface area contributed by atoms with Crippen LogP contribution in [0.5, 0.6) is 11.5 Å². The first kappa shape index (κ1) is 40.3. The zero-order valence-corrected chi connectivity index (χ0v) is 31.4. The van der Waals surface area contributed by atoms with Crippen molar-refractivity contribution in [2.24, 2.45) is 0 Å². The van der Waals surface area contributed by atoms with Crippen molar-refractivity contribution in [2.45, 2.75) is 78.1 Å². The number of hydrogen-bond donors (Lipinski definition) is 3. The second-order valence-corrected chi connectivity index (χ2v) is 13.2. The first-order valence-electron chi connectivity index (χ1n) is 18.6. The summed E-state index contributed by atoms with van der Waals surface area (Å²) in [5.74, 6) is 6.09. The van der Waals surface area contributed by atoms with Crippen molar-refractivity contribution in [3.05, 3.63) is 128 Å². The third-order valence-electron chi connectivity index (χ3n) is 9.20. The summed E-state index contributed by atoms with van der Waals surface area (Å²) in [5, 5.41) is 2.84. The molecule has 2 amide bonds. The fraction of sp³-hybridized carbons (Fsp3) is 0.415. The van der Waals surface area contributed by atoms with E-state index in [1.54, 1.807) is 15.8 Å². The van der Waals surface area contributed by atoms with Gasteiger partial charge < -0.3 is 31.0 Å². The summed E-state index contributed by atoms with van der Waals surface area (Å²) in [6, 6.07) is 23.1. The Labute approximate surface area is 311 Å². The molecular formula is C41H54N6O6. The zero-order valence-electron chi connectivity index (χ0n) is 31.4. The molecule has 0 bridgehead atoms. The lowest BCUT2D eigenvalue weighted by atomic mass is 9.98. The summed E-state index contributed by atoms with van der Waals surface area (Å²) >= 11 is 0. The quantitative estimate of drug-likeness (QED) is 0.0908. The van der Waals surface area contributed by atoms with Gasteiger partial charge in [0, 0.05) is 37.6 Å². The first-order chi connectivity index (χ1) is 25.7. The third kappa shape index (κ3) is 11.2. The molecular weight excluding hydrogens is 672 g/mol. The Kier molecular flexibility index (Phi) is 15.6. The van der Waals surface area contributed by atoms with Crippen LogP contribution in [0.1, 0.15) is 110 Å². The number of unbranched alkanes of at least 4 members (excludes halogenated alkanes) is 2. The van der Waals surface area contributed by atoms with E-state index >= 15 is 0 Å². The van der Waals surface area contributed by atoms with Gasteiger partial charge in [0.25, 0.3) is 11.8 Å². The number of ether oxygens (including phenoxy) is 2. The number of nitrogen functional groups attached to an aromatic ring is 1. The molecule has 2 aromatic carbocycles. The van der Waals surface area contributed by atoms with Gasteiger partial charge in [-0.15, -0.1) is 0 Å². The van der Waals surface area contributed by atoms with Gasteiger partial charge in [-0.3, -0.25) is 28.5 Å². The number of benzene rings is 2. The molecule has 2 aromatic heterocycles. The smallest absolute Gasteiger partial charge is 0.277 e. The van der Waals surface area contributed by atoms with Crippen LogP contribution < -0.4 is 36.9 Å². The number of rotatable bonds is 17. The Morgan fingerprint density at radius 1 is 0.792 bits per heavy atom. The average Bonchev–Trinajstić information content (AvgIpc) is 3.17. The van der Waals surface area contributed by atoms with Gasteiger partial charge in [0.05, 0.1) is 13.2 Å². The van der Waals surface area contributed by atoms with E-state index in [1.807, 2.05) is 43.3 Å². The van der Waals surface area contributed by atoms with E-state index in [9.17, 15) is 19.2 Å². The van der Waals surface area contributed by atoms with Gasteiger partial charge in [-0.25, -0.2) is 0 Å². The topological polar surface area (TPSA) is 150 Å². The summed E-state index contributed by atoms with van der Waals surface area (Å²) in [7, 11) is 0. The summed E-state index contributed by atoms with van der Waals surface area (Å²) < 4.78 is 13.9. The largest absolute Gasteiger partial charge is 0.487 e.